The summed E-state index contributed by atoms with van der Waals surface area (Å²) in [5.74, 6) is 0.136. The van der Waals surface area contributed by atoms with Crippen LogP contribution >= 0.6 is 0 Å². The maximum atomic E-state index is 13.2. The number of piperidine rings is 1. The number of nitrogens with zero attached hydrogens (tertiary/aromatic N) is 6. The number of carbonyl (C=O) groups excluding carboxylic acids is 1. The Hall–Kier alpha value is -1.53. The second-order valence-electron chi connectivity index (χ2n) is 8.19. The summed E-state index contributed by atoms with van der Waals surface area (Å²) >= 11 is 0. The molecule has 1 spiro atoms. The van der Waals surface area contributed by atoms with E-state index in [-0.39, 0.29) is 16.8 Å². The molecule has 10 nitrogen and oxygen atoms in total. The molecular weight excluding hydrogens is 396 g/mol. The lowest BCUT2D eigenvalue weighted by atomic mass is 9.94. The molecule has 0 saturated carbocycles. The maximum absolute atomic E-state index is 13.2. The fraction of sp³-hybridized carbons (Fsp3) is 0.778. The molecule has 3 aliphatic heterocycles. The number of ether oxygens (including phenoxy) is 1. The van der Waals surface area contributed by atoms with Gasteiger partial charge in [-0.25, -0.2) is 8.42 Å². The van der Waals surface area contributed by atoms with Crippen LogP contribution in [0.15, 0.2) is 17.3 Å². The Labute approximate surface area is 172 Å². The Morgan fingerprint density at radius 3 is 2.55 bits per heavy atom. The molecular formula is C18H30N6O4S. The van der Waals surface area contributed by atoms with Gasteiger partial charge in [0.2, 0.25) is 15.9 Å². The number of aryl methyl sites for hydroxylation is 1. The average molecular weight is 427 g/mol. The third-order valence-corrected chi connectivity index (χ3v) is 8.38. The van der Waals surface area contributed by atoms with Gasteiger partial charge in [-0.2, -0.15) is 9.40 Å². The molecule has 0 N–H and O–H groups in total. The van der Waals surface area contributed by atoms with Gasteiger partial charge in [0.15, 0.2) is 0 Å². The number of amides is 1. The van der Waals surface area contributed by atoms with Gasteiger partial charge in [0, 0.05) is 59.6 Å². The Morgan fingerprint density at radius 2 is 1.93 bits per heavy atom. The zero-order valence-corrected chi connectivity index (χ0v) is 18.1. The summed E-state index contributed by atoms with van der Waals surface area (Å²) in [5, 5.41) is 4.00. The number of aromatic nitrogens is 2. The molecule has 0 aliphatic carbocycles. The lowest BCUT2D eigenvalue weighted by molar-refractivity contribution is -0.134. The van der Waals surface area contributed by atoms with Gasteiger partial charge in [-0.1, -0.05) is 0 Å². The molecule has 29 heavy (non-hydrogen) atoms. The van der Waals surface area contributed by atoms with Crippen LogP contribution in [0.5, 0.6) is 0 Å². The van der Waals surface area contributed by atoms with E-state index < -0.39 is 15.7 Å². The SMILES string of the molecule is COCCN1C(=O)[C@H]2CN(C)CCN2C12CCN(S(=O)(=O)c1cnn(C)c1)CC2. The number of likely N-dealkylation sites (N-methyl/N-ethyl adjacent to an activating group) is 1. The Morgan fingerprint density at radius 1 is 1.21 bits per heavy atom. The van der Waals surface area contributed by atoms with Crippen molar-refractivity contribution >= 4 is 15.9 Å². The summed E-state index contributed by atoms with van der Waals surface area (Å²) < 4.78 is 34.3. The van der Waals surface area contributed by atoms with Crippen molar-refractivity contribution in [3.8, 4) is 0 Å². The molecule has 0 aromatic carbocycles. The van der Waals surface area contributed by atoms with Gasteiger partial charge in [-0.05, 0) is 19.9 Å². The minimum Gasteiger partial charge on any atom is -0.383 e. The van der Waals surface area contributed by atoms with E-state index in [4.69, 9.17) is 4.74 Å². The number of carbonyl (C=O) groups is 1. The van der Waals surface area contributed by atoms with E-state index in [1.54, 1.807) is 14.2 Å². The molecule has 4 heterocycles. The summed E-state index contributed by atoms with van der Waals surface area (Å²) in [5.41, 5.74) is -0.428. The summed E-state index contributed by atoms with van der Waals surface area (Å²) in [6, 6.07) is -0.160. The highest BCUT2D eigenvalue weighted by molar-refractivity contribution is 7.89. The van der Waals surface area contributed by atoms with Gasteiger partial charge in [-0.15, -0.1) is 0 Å². The van der Waals surface area contributed by atoms with Gasteiger partial charge in [0.05, 0.1) is 18.5 Å². The van der Waals surface area contributed by atoms with Crippen LogP contribution in [0.2, 0.25) is 0 Å². The van der Waals surface area contributed by atoms with Crippen molar-refractivity contribution in [3.05, 3.63) is 12.4 Å². The fourth-order valence-electron chi connectivity index (χ4n) is 4.99. The second-order valence-corrected chi connectivity index (χ2v) is 10.1. The number of piperazine rings is 1. The van der Waals surface area contributed by atoms with Crippen molar-refractivity contribution in [2.45, 2.75) is 29.4 Å². The van der Waals surface area contributed by atoms with Gasteiger partial charge in [0.25, 0.3) is 0 Å². The summed E-state index contributed by atoms with van der Waals surface area (Å²) in [6.45, 7) is 4.19. The topological polar surface area (TPSA) is 91.2 Å². The van der Waals surface area contributed by atoms with Crippen LogP contribution in [-0.4, -0.2) is 115 Å². The van der Waals surface area contributed by atoms with Crippen LogP contribution in [0.4, 0.5) is 0 Å². The van der Waals surface area contributed by atoms with Gasteiger partial charge in [-0.3, -0.25) is 14.4 Å². The van der Waals surface area contributed by atoms with E-state index in [0.29, 0.717) is 45.6 Å². The van der Waals surface area contributed by atoms with Crippen molar-refractivity contribution in [2.24, 2.45) is 7.05 Å². The number of sulfonamides is 1. The fourth-order valence-corrected chi connectivity index (χ4v) is 6.42. The number of hydrogen-bond donors (Lipinski definition) is 0. The highest BCUT2D eigenvalue weighted by Crippen LogP contribution is 2.42. The standard InChI is InChI=1S/C18H30N6O4S/c1-20-8-9-23-16(14-20)17(25)24(10-11-28-3)18(23)4-6-22(7-5-18)29(26,27)15-12-19-21(2)13-15/h12-13,16H,4-11,14H2,1-3H3/t16-/m1/s1. The molecule has 11 heteroatoms. The zero-order chi connectivity index (χ0) is 20.8. The summed E-state index contributed by atoms with van der Waals surface area (Å²) in [7, 11) is 1.80. The molecule has 1 aromatic rings. The maximum Gasteiger partial charge on any atom is 0.246 e. The third-order valence-electron chi connectivity index (χ3n) is 6.53. The molecule has 1 amide bonds. The van der Waals surface area contributed by atoms with Gasteiger partial charge in [0.1, 0.15) is 10.9 Å². The molecule has 0 unspecified atom stereocenters. The van der Waals surface area contributed by atoms with Crippen LogP contribution in [0.1, 0.15) is 12.8 Å². The first-order valence-corrected chi connectivity index (χ1v) is 11.5. The van der Waals surface area contributed by atoms with Crippen molar-refractivity contribution in [1.29, 1.82) is 0 Å². The molecule has 0 bridgehead atoms. The first-order chi connectivity index (χ1) is 13.8. The molecule has 1 atom stereocenters. The number of methoxy groups -OCH3 is 1. The highest BCUT2D eigenvalue weighted by atomic mass is 32.2. The lowest BCUT2D eigenvalue weighted by Gasteiger charge is -2.50. The molecule has 0 radical (unpaired) electrons. The van der Waals surface area contributed by atoms with E-state index in [1.807, 2.05) is 11.9 Å². The first kappa shape index (κ1) is 20.7. The van der Waals surface area contributed by atoms with E-state index in [1.165, 1.54) is 21.4 Å². The third kappa shape index (κ3) is 3.38. The van der Waals surface area contributed by atoms with Crippen LogP contribution in [-0.2, 0) is 26.6 Å². The quantitative estimate of drug-likeness (QED) is 0.597. The van der Waals surface area contributed by atoms with Crippen molar-refractivity contribution < 1.29 is 17.9 Å². The predicted octanol–water partition coefficient (Wildman–Crippen LogP) is -0.994. The Balaban J connectivity index is 1.57. The van der Waals surface area contributed by atoms with E-state index >= 15 is 0 Å². The molecule has 4 rings (SSSR count). The molecule has 1 aromatic heterocycles. The number of hydrogen-bond acceptors (Lipinski definition) is 7. The largest absolute Gasteiger partial charge is 0.383 e. The predicted molar refractivity (Wildman–Crippen MR) is 106 cm³/mol. The summed E-state index contributed by atoms with van der Waals surface area (Å²) in [4.78, 5) is 19.9. The van der Waals surface area contributed by atoms with Gasteiger partial charge < -0.3 is 14.5 Å². The monoisotopic (exact) mass is 426 g/mol. The smallest absolute Gasteiger partial charge is 0.246 e. The second kappa shape index (κ2) is 7.62. The highest BCUT2D eigenvalue weighted by Gasteiger charge is 2.58. The molecule has 3 fully saturated rings. The Bertz CT molecular complexity index is 863. The minimum absolute atomic E-state index is 0.136. The summed E-state index contributed by atoms with van der Waals surface area (Å²) in [6.07, 6.45) is 4.12. The van der Waals surface area contributed by atoms with Crippen LogP contribution in [0.25, 0.3) is 0 Å². The Kier molecular flexibility index (Phi) is 5.45. The minimum atomic E-state index is -3.58. The van der Waals surface area contributed by atoms with Crippen molar-refractivity contribution in [1.82, 2.24) is 28.8 Å². The first-order valence-electron chi connectivity index (χ1n) is 10.0. The van der Waals surface area contributed by atoms with E-state index in [2.05, 4.69) is 14.9 Å². The van der Waals surface area contributed by atoms with Gasteiger partial charge >= 0.3 is 0 Å². The average Bonchev–Trinajstić information content (AvgIpc) is 3.22. The van der Waals surface area contributed by atoms with Crippen molar-refractivity contribution in [2.75, 3.05) is 60.0 Å². The molecule has 162 valence electrons. The van der Waals surface area contributed by atoms with Crippen LogP contribution < -0.4 is 0 Å². The van der Waals surface area contributed by atoms with Crippen molar-refractivity contribution in [3.63, 3.8) is 0 Å². The normalized spacial score (nSPS) is 26.4. The van der Waals surface area contributed by atoms with E-state index in [0.717, 1.165) is 13.1 Å². The number of rotatable bonds is 5. The van der Waals surface area contributed by atoms with Crippen LogP contribution in [0.3, 0.4) is 0 Å². The molecule has 3 aliphatic rings. The van der Waals surface area contributed by atoms with E-state index in [9.17, 15) is 13.2 Å². The zero-order valence-electron chi connectivity index (χ0n) is 17.3. The molecule has 3 saturated heterocycles. The van der Waals surface area contributed by atoms with Crippen LogP contribution in [0, 0.1) is 0 Å². The lowest BCUT2D eigenvalue weighted by Crippen LogP contribution is -2.63. The number of fused-ring (bicyclic) bond motifs is 2.